The third-order valence-corrected chi connectivity index (χ3v) is 7.08. The Morgan fingerprint density at radius 3 is 2.59 bits per heavy atom. The second kappa shape index (κ2) is 9.06. The Kier molecular flexibility index (Phi) is 5.96. The van der Waals surface area contributed by atoms with E-state index in [0.717, 1.165) is 19.3 Å². The number of alkyl halides is 2. The van der Waals surface area contributed by atoms with Gasteiger partial charge >= 0.3 is 6.61 Å². The minimum Gasteiger partial charge on any atom is -0.432 e. The number of rotatable bonds is 7. The van der Waals surface area contributed by atoms with Gasteiger partial charge in [0.05, 0.1) is 18.1 Å². The molecule has 1 aliphatic carbocycles. The zero-order valence-corrected chi connectivity index (χ0v) is 18.6. The first-order valence-corrected chi connectivity index (χ1v) is 12.1. The SMILES string of the molecule is O=S1(=O)NCc2ccc(-c3cccnc3N[C@H]3CC[C@H](Nc4ncc(OC(F)F)cn4)C3)nc21. The topological polar surface area (TPSA) is 131 Å². The molecule has 13 heteroatoms. The normalized spacial score (nSPS) is 20.8. The van der Waals surface area contributed by atoms with Crippen molar-refractivity contribution in [1.29, 1.82) is 0 Å². The van der Waals surface area contributed by atoms with Crippen molar-refractivity contribution in [3.63, 3.8) is 0 Å². The highest BCUT2D eigenvalue weighted by Crippen LogP contribution is 2.31. The highest BCUT2D eigenvalue weighted by molar-refractivity contribution is 7.89. The fraction of sp³-hybridized carbons (Fsp3) is 0.333. The fourth-order valence-electron chi connectivity index (χ4n) is 4.13. The number of halogens is 2. The van der Waals surface area contributed by atoms with Crippen LogP contribution >= 0.6 is 0 Å². The van der Waals surface area contributed by atoms with E-state index in [1.54, 1.807) is 24.4 Å². The van der Waals surface area contributed by atoms with Gasteiger partial charge in [-0.15, -0.1) is 0 Å². The summed E-state index contributed by atoms with van der Waals surface area (Å²) in [5.41, 5.74) is 1.87. The second-order valence-corrected chi connectivity index (χ2v) is 9.68. The molecule has 5 rings (SSSR count). The number of anilines is 2. The summed E-state index contributed by atoms with van der Waals surface area (Å²) < 4.78 is 55.6. The molecular formula is C21H21F2N7O3S. The lowest BCUT2D eigenvalue weighted by molar-refractivity contribution is -0.0503. The van der Waals surface area contributed by atoms with Crippen molar-refractivity contribution in [2.75, 3.05) is 10.6 Å². The molecule has 0 spiro atoms. The lowest BCUT2D eigenvalue weighted by Crippen LogP contribution is -2.22. The van der Waals surface area contributed by atoms with Crippen LogP contribution in [-0.2, 0) is 16.6 Å². The lowest BCUT2D eigenvalue weighted by Gasteiger charge is -2.17. The highest BCUT2D eigenvalue weighted by atomic mass is 32.2. The van der Waals surface area contributed by atoms with Crippen molar-refractivity contribution in [3.8, 4) is 17.0 Å². The number of nitrogens with zero attached hydrogens (tertiary/aromatic N) is 4. The third kappa shape index (κ3) is 4.75. The zero-order chi connectivity index (χ0) is 23.7. The Morgan fingerprint density at radius 2 is 1.82 bits per heavy atom. The summed E-state index contributed by atoms with van der Waals surface area (Å²) in [5.74, 6) is 0.856. The van der Waals surface area contributed by atoms with E-state index in [2.05, 4.69) is 40.0 Å². The van der Waals surface area contributed by atoms with Gasteiger partial charge in [0.1, 0.15) is 5.82 Å². The quantitative estimate of drug-likeness (QED) is 0.458. The standard InChI is InChI=1S/C21H21F2N7O3S/c22-20(23)33-15-10-25-21(26-11-15)29-14-5-4-13(8-14)28-18-16(2-1-7-24-18)17-6-3-12-9-27-34(31,32)19(12)30-17/h1-3,6-7,10-11,13-14,20,27H,4-5,8-9H2,(H,24,28)(H,25,26,29)/t13-,14-/m0/s1. The first-order valence-electron chi connectivity index (χ1n) is 10.6. The Balaban J connectivity index is 1.26. The molecule has 3 N–H and O–H groups in total. The van der Waals surface area contributed by atoms with E-state index in [1.807, 2.05) is 6.07 Å². The van der Waals surface area contributed by atoms with Gasteiger partial charge in [-0.3, -0.25) is 0 Å². The third-order valence-electron chi connectivity index (χ3n) is 5.69. The maximum atomic E-state index is 12.3. The van der Waals surface area contributed by atoms with Crippen LogP contribution in [0.3, 0.4) is 0 Å². The second-order valence-electron chi connectivity index (χ2n) is 8.00. The van der Waals surface area contributed by atoms with Gasteiger partial charge in [-0.25, -0.2) is 33.1 Å². The van der Waals surface area contributed by atoms with Crippen LogP contribution in [0.15, 0.2) is 47.9 Å². The maximum absolute atomic E-state index is 12.3. The van der Waals surface area contributed by atoms with Crippen molar-refractivity contribution in [1.82, 2.24) is 24.7 Å². The smallest absolute Gasteiger partial charge is 0.387 e. The van der Waals surface area contributed by atoms with E-state index in [-0.39, 0.29) is 29.4 Å². The Hall–Kier alpha value is -3.45. The van der Waals surface area contributed by atoms with Gasteiger partial charge in [0.2, 0.25) is 5.95 Å². The van der Waals surface area contributed by atoms with Gasteiger partial charge in [0.15, 0.2) is 10.8 Å². The number of ether oxygens (including phenoxy) is 1. The van der Waals surface area contributed by atoms with E-state index in [0.29, 0.717) is 28.6 Å². The molecule has 0 bridgehead atoms. The van der Waals surface area contributed by atoms with Crippen LogP contribution in [0.1, 0.15) is 24.8 Å². The van der Waals surface area contributed by atoms with Gasteiger partial charge in [-0.1, -0.05) is 6.07 Å². The Morgan fingerprint density at radius 1 is 1.06 bits per heavy atom. The largest absolute Gasteiger partial charge is 0.432 e. The minimum atomic E-state index is -3.58. The number of aromatic nitrogens is 4. The first kappa shape index (κ1) is 22.3. The molecule has 0 unspecified atom stereocenters. The minimum absolute atomic E-state index is 0.0508. The summed E-state index contributed by atoms with van der Waals surface area (Å²) in [6.45, 7) is -2.68. The van der Waals surface area contributed by atoms with Gasteiger partial charge in [0.25, 0.3) is 10.0 Å². The molecule has 2 atom stereocenters. The summed E-state index contributed by atoms with van der Waals surface area (Å²) in [6, 6.07) is 7.37. The molecule has 10 nitrogen and oxygen atoms in total. The molecule has 4 heterocycles. The fourth-order valence-corrected chi connectivity index (χ4v) is 5.31. The van der Waals surface area contributed by atoms with Crippen molar-refractivity contribution >= 4 is 21.8 Å². The van der Waals surface area contributed by atoms with Gasteiger partial charge in [-0.05, 0) is 37.5 Å². The summed E-state index contributed by atoms with van der Waals surface area (Å²) in [6.07, 6.45) is 6.52. The van der Waals surface area contributed by atoms with E-state index >= 15 is 0 Å². The molecule has 3 aromatic heterocycles. The average Bonchev–Trinajstić information content (AvgIpc) is 3.38. The van der Waals surface area contributed by atoms with Crippen LogP contribution in [-0.4, -0.2) is 47.0 Å². The number of hydrogen-bond acceptors (Lipinski definition) is 9. The molecule has 1 fully saturated rings. The molecule has 3 aromatic rings. The molecule has 0 aromatic carbocycles. The van der Waals surface area contributed by atoms with Gasteiger partial charge < -0.3 is 15.4 Å². The summed E-state index contributed by atoms with van der Waals surface area (Å²) in [7, 11) is -3.58. The molecule has 1 saturated carbocycles. The molecule has 178 valence electrons. The summed E-state index contributed by atoms with van der Waals surface area (Å²) >= 11 is 0. The molecule has 0 amide bonds. The molecule has 1 aliphatic heterocycles. The lowest BCUT2D eigenvalue weighted by atomic mass is 10.1. The number of sulfonamides is 1. The van der Waals surface area contributed by atoms with Crippen LogP contribution in [0.5, 0.6) is 5.75 Å². The van der Waals surface area contributed by atoms with Crippen LogP contribution in [0.4, 0.5) is 20.5 Å². The van der Waals surface area contributed by atoms with Crippen LogP contribution in [0, 0.1) is 0 Å². The van der Waals surface area contributed by atoms with Crippen LogP contribution in [0.2, 0.25) is 0 Å². The molecule has 2 aliphatic rings. The Bertz CT molecular complexity index is 1290. The van der Waals surface area contributed by atoms with Crippen molar-refractivity contribution in [3.05, 3.63) is 48.4 Å². The predicted molar refractivity (Wildman–Crippen MR) is 119 cm³/mol. The number of hydrogen-bond donors (Lipinski definition) is 3. The Labute approximate surface area is 194 Å². The maximum Gasteiger partial charge on any atom is 0.387 e. The van der Waals surface area contributed by atoms with Crippen molar-refractivity contribution in [2.24, 2.45) is 0 Å². The molecule has 0 radical (unpaired) electrons. The van der Waals surface area contributed by atoms with E-state index < -0.39 is 16.6 Å². The van der Waals surface area contributed by atoms with Gasteiger partial charge in [-0.2, -0.15) is 8.78 Å². The van der Waals surface area contributed by atoms with E-state index in [4.69, 9.17) is 0 Å². The molecular weight excluding hydrogens is 468 g/mol. The summed E-state index contributed by atoms with van der Waals surface area (Å²) in [5, 5.41) is 6.70. The van der Waals surface area contributed by atoms with Crippen molar-refractivity contribution < 1.29 is 21.9 Å². The number of pyridine rings is 2. The van der Waals surface area contributed by atoms with Gasteiger partial charge in [0, 0.05) is 36.0 Å². The number of fused-ring (bicyclic) bond motifs is 1. The first-order chi connectivity index (χ1) is 16.4. The average molecular weight is 490 g/mol. The predicted octanol–water partition coefficient (Wildman–Crippen LogP) is 2.77. The number of nitrogens with one attached hydrogen (secondary N) is 3. The van der Waals surface area contributed by atoms with Crippen molar-refractivity contribution in [2.45, 2.75) is 49.5 Å². The monoisotopic (exact) mass is 489 g/mol. The van der Waals surface area contributed by atoms with Crippen LogP contribution in [0.25, 0.3) is 11.3 Å². The van der Waals surface area contributed by atoms with Crippen LogP contribution < -0.4 is 20.1 Å². The summed E-state index contributed by atoms with van der Waals surface area (Å²) in [4.78, 5) is 16.9. The highest BCUT2D eigenvalue weighted by Gasteiger charge is 2.29. The van der Waals surface area contributed by atoms with E-state index in [9.17, 15) is 17.2 Å². The molecule has 34 heavy (non-hydrogen) atoms. The zero-order valence-electron chi connectivity index (χ0n) is 17.8. The van der Waals surface area contributed by atoms with E-state index in [1.165, 1.54) is 12.4 Å². The molecule has 0 saturated heterocycles.